The van der Waals surface area contributed by atoms with Crippen LogP contribution >= 0.6 is 0 Å². The lowest BCUT2D eigenvalue weighted by molar-refractivity contribution is -0.118. The minimum absolute atomic E-state index is 0.137. The molecule has 2 amide bonds. The van der Waals surface area contributed by atoms with E-state index < -0.39 is 5.91 Å². The van der Waals surface area contributed by atoms with Crippen LogP contribution < -0.4 is 20.7 Å². The van der Waals surface area contributed by atoms with Crippen LogP contribution in [0.2, 0.25) is 0 Å². The fourth-order valence-corrected chi connectivity index (χ4v) is 2.94. The maximum Gasteiger partial charge on any atom is 0.262 e. The fraction of sp³-hybridized carbons (Fsp3) is 0.300. The smallest absolute Gasteiger partial charge is 0.262 e. The topological polar surface area (TPSA) is 105 Å². The molecule has 0 aromatic heterocycles. The minimum atomic E-state index is -0.511. The highest BCUT2D eigenvalue weighted by Crippen LogP contribution is 2.22. The third-order valence-electron chi connectivity index (χ3n) is 4.49. The quantitative estimate of drug-likeness (QED) is 0.720. The molecule has 0 unspecified atom stereocenters. The number of aliphatic hydroxyl groups is 1. The van der Waals surface area contributed by atoms with Crippen LogP contribution in [-0.2, 0) is 4.79 Å². The van der Waals surface area contributed by atoms with Crippen LogP contribution in [-0.4, -0.2) is 42.7 Å². The summed E-state index contributed by atoms with van der Waals surface area (Å²) in [5.41, 5.74) is 7.33. The first-order chi connectivity index (χ1) is 13.0. The Morgan fingerprint density at radius 2 is 1.70 bits per heavy atom. The second kappa shape index (κ2) is 8.55. The van der Waals surface area contributed by atoms with Gasteiger partial charge in [0.1, 0.15) is 5.75 Å². The first-order valence-electron chi connectivity index (χ1n) is 8.87. The third kappa shape index (κ3) is 5.21. The summed E-state index contributed by atoms with van der Waals surface area (Å²) in [4.78, 5) is 25.3. The molecular weight excluding hydrogens is 346 g/mol. The Morgan fingerprint density at radius 3 is 2.30 bits per heavy atom. The highest BCUT2D eigenvalue weighted by Gasteiger charge is 2.17. The Balaban J connectivity index is 1.48. The number of aliphatic hydroxyl groups excluding tert-OH is 1. The number of hydrogen-bond donors (Lipinski definition) is 3. The van der Waals surface area contributed by atoms with Crippen LogP contribution in [0.15, 0.2) is 48.5 Å². The van der Waals surface area contributed by atoms with Gasteiger partial charge < -0.3 is 25.8 Å². The summed E-state index contributed by atoms with van der Waals surface area (Å²) >= 11 is 0. The van der Waals surface area contributed by atoms with Crippen LogP contribution in [0.25, 0.3) is 0 Å². The average Bonchev–Trinajstić information content (AvgIpc) is 2.68. The average molecular weight is 369 g/mol. The summed E-state index contributed by atoms with van der Waals surface area (Å²) in [6.45, 7) is 1.52. The van der Waals surface area contributed by atoms with E-state index in [1.807, 2.05) is 24.3 Å². The van der Waals surface area contributed by atoms with Crippen LogP contribution in [0.1, 0.15) is 23.2 Å². The first kappa shape index (κ1) is 18.7. The molecule has 0 bridgehead atoms. The molecule has 27 heavy (non-hydrogen) atoms. The van der Waals surface area contributed by atoms with Gasteiger partial charge in [-0.15, -0.1) is 0 Å². The molecule has 142 valence electrons. The van der Waals surface area contributed by atoms with Gasteiger partial charge in [0.25, 0.3) is 5.91 Å². The van der Waals surface area contributed by atoms with E-state index in [0.29, 0.717) is 17.0 Å². The van der Waals surface area contributed by atoms with Crippen molar-refractivity contribution in [1.29, 1.82) is 0 Å². The second-order valence-electron chi connectivity index (χ2n) is 6.49. The monoisotopic (exact) mass is 369 g/mol. The van der Waals surface area contributed by atoms with E-state index in [1.54, 1.807) is 24.3 Å². The molecule has 7 heteroatoms. The molecule has 1 aliphatic rings. The van der Waals surface area contributed by atoms with Crippen molar-refractivity contribution in [2.45, 2.75) is 18.9 Å². The van der Waals surface area contributed by atoms with Crippen molar-refractivity contribution in [3.8, 4) is 5.75 Å². The van der Waals surface area contributed by atoms with Gasteiger partial charge in [0.2, 0.25) is 5.91 Å². The van der Waals surface area contributed by atoms with Crippen molar-refractivity contribution in [2.75, 3.05) is 29.9 Å². The highest BCUT2D eigenvalue weighted by molar-refractivity contribution is 5.93. The van der Waals surface area contributed by atoms with E-state index in [-0.39, 0.29) is 18.6 Å². The SMILES string of the molecule is NC(=O)c1ccc(OCC(=O)Nc2ccc(N3CCC(O)CC3)cc2)cc1. The maximum atomic E-state index is 12.0. The fourth-order valence-electron chi connectivity index (χ4n) is 2.94. The molecule has 2 aromatic carbocycles. The predicted molar refractivity (Wildman–Crippen MR) is 103 cm³/mol. The normalized spacial score (nSPS) is 14.6. The number of piperidine rings is 1. The summed E-state index contributed by atoms with van der Waals surface area (Å²) in [7, 11) is 0. The number of carbonyl (C=O) groups excluding carboxylic acids is 2. The zero-order valence-electron chi connectivity index (χ0n) is 14.9. The van der Waals surface area contributed by atoms with E-state index in [1.165, 1.54) is 0 Å². The van der Waals surface area contributed by atoms with Gasteiger partial charge in [0, 0.05) is 30.0 Å². The molecular formula is C20H23N3O4. The van der Waals surface area contributed by atoms with Gasteiger partial charge in [-0.05, 0) is 61.4 Å². The van der Waals surface area contributed by atoms with Gasteiger partial charge in [-0.25, -0.2) is 0 Å². The van der Waals surface area contributed by atoms with Crippen molar-refractivity contribution < 1.29 is 19.4 Å². The maximum absolute atomic E-state index is 12.0. The van der Waals surface area contributed by atoms with Crippen molar-refractivity contribution in [3.05, 3.63) is 54.1 Å². The van der Waals surface area contributed by atoms with Crippen molar-refractivity contribution in [3.63, 3.8) is 0 Å². The van der Waals surface area contributed by atoms with Crippen LogP contribution in [0, 0.1) is 0 Å². The molecule has 1 saturated heterocycles. The standard InChI is InChI=1S/C20H23N3O4/c21-20(26)14-1-7-18(8-2-14)27-13-19(25)22-15-3-5-16(6-4-15)23-11-9-17(24)10-12-23/h1-8,17,24H,9-13H2,(H2,21,26)(H,22,25). The number of rotatable bonds is 6. The molecule has 0 saturated carbocycles. The zero-order chi connectivity index (χ0) is 19.2. The van der Waals surface area contributed by atoms with E-state index in [2.05, 4.69) is 10.2 Å². The number of carbonyl (C=O) groups is 2. The Morgan fingerprint density at radius 1 is 1.07 bits per heavy atom. The number of nitrogens with zero attached hydrogens (tertiary/aromatic N) is 1. The lowest BCUT2D eigenvalue weighted by Gasteiger charge is -2.31. The van der Waals surface area contributed by atoms with Crippen molar-refractivity contribution in [1.82, 2.24) is 0 Å². The zero-order valence-corrected chi connectivity index (χ0v) is 14.9. The molecule has 1 aliphatic heterocycles. The van der Waals surface area contributed by atoms with Crippen LogP contribution in [0.5, 0.6) is 5.75 Å². The number of nitrogens with one attached hydrogen (secondary N) is 1. The highest BCUT2D eigenvalue weighted by atomic mass is 16.5. The number of hydrogen-bond acceptors (Lipinski definition) is 5. The van der Waals surface area contributed by atoms with Gasteiger partial charge in [0.15, 0.2) is 6.61 Å². The van der Waals surface area contributed by atoms with Gasteiger partial charge in [0.05, 0.1) is 6.10 Å². The lowest BCUT2D eigenvalue weighted by Crippen LogP contribution is -2.35. The molecule has 1 heterocycles. The molecule has 4 N–H and O–H groups in total. The molecule has 7 nitrogen and oxygen atoms in total. The minimum Gasteiger partial charge on any atom is -0.484 e. The number of benzene rings is 2. The van der Waals surface area contributed by atoms with Gasteiger partial charge in [-0.1, -0.05) is 0 Å². The predicted octanol–water partition coefficient (Wildman–Crippen LogP) is 1.76. The molecule has 0 aliphatic carbocycles. The largest absolute Gasteiger partial charge is 0.484 e. The van der Waals surface area contributed by atoms with Crippen molar-refractivity contribution in [2.24, 2.45) is 5.73 Å². The summed E-state index contributed by atoms with van der Waals surface area (Å²) < 4.78 is 5.41. The first-order valence-corrected chi connectivity index (χ1v) is 8.87. The van der Waals surface area contributed by atoms with E-state index in [0.717, 1.165) is 31.6 Å². The lowest BCUT2D eigenvalue weighted by atomic mass is 10.1. The van der Waals surface area contributed by atoms with Crippen molar-refractivity contribution >= 4 is 23.2 Å². The number of ether oxygens (including phenoxy) is 1. The number of nitrogens with two attached hydrogens (primary N) is 1. The number of anilines is 2. The molecule has 1 fully saturated rings. The Bertz CT molecular complexity index is 782. The van der Waals surface area contributed by atoms with E-state index >= 15 is 0 Å². The summed E-state index contributed by atoms with van der Waals surface area (Å²) in [6.07, 6.45) is 1.35. The number of amides is 2. The van der Waals surface area contributed by atoms with Crippen LogP contribution in [0.4, 0.5) is 11.4 Å². The Hall–Kier alpha value is -3.06. The molecule has 3 rings (SSSR count). The Kier molecular flexibility index (Phi) is 5.93. The molecule has 2 aromatic rings. The van der Waals surface area contributed by atoms with E-state index in [9.17, 15) is 14.7 Å². The third-order valence-corrected chi connectivity index (χ3v) is 4.49. The van der Waals surface area contributed by atoms with Gasteiger partial charge >= 0.3 is 0 Å². The Labute approximate surface area is 157 Å². The number of primary amides is 1. The summed E-state index contributed by atoms with van der Waals surface area (Å²) in [6, 6.07) is 13.9. The molecule has 0 spiro atoms. The summed E-state index contributed by atoms with van der Waals surface area (Å²) in [5, 5.41) is 12.4. The van der Waals surface area contributed by atoms with Crippen LogP contribution in [0.3, 0.4) is 0 Å². The van der Waals surface area contributed by atoms with E-state index in [4.69, 9.17) is 10.5 Å². The second-order valence-corrected chi connectivity index (χ2v) is 6.49. The van der Waals surface area contributed by atoms with Gasteiger partial charge in [-0.2, -0.15) is 0 Å². The molecule has 0 radical (unpaired) electrons. The molecule has 0 atom stereocenters. The van der Waals surface area contributed by atoms with Gasteiger partial charge in [-0.3, -0.25) is 9.59 Å². The summed E-state index contributed by atoms with van der Waals surface area (Å²) in [5.74, 6) is -0.302.